The topological polar surface area (TPSA) is 77.0 Å². The summed E-state index contributed by atoms with van der Waals surface area (Å²) in [4.78, 5) is 18.9. The van der Waals surface area contributed by atoms with E-state index >= 15 is 0 Å². The predicted octanol–water partition coefficient (Wildman–Crippen LogP) is 1.68. The van der Waals surface area contributed by atoms with E-state index in [9.17, 15) is 4.79 Å². The second-order valence-electron chi connectivity index (χ2n) is 5.41. The molecular formula is C15H19N5O. The van der Waals surface area contributed by atoms with Gasteiger partial charge in [-0.1, -0.05) is 6.07 Å². The van der Waals surface area contributed by atoms with Crippen LogP contribution in [0.1, 0.15) is 40.6 Å². The van der Waals surface area contributed by atoms with Gasteiger partial charge in [-0.15, -0.1) is 0 Å². The molecule has 1 aliphatic rings. The van der Waals surface area contributed by atoms with Gasteiger partial charge in [0.05, 0.1) is 17.4 Å². The Labute approximate surface area is 123 Å². The van der Waals surface area contributed by atoms with Crippen LogP contribution in [0.25, 0.3) is 0 Å². The highest BCUT2D eigenvalue weighted by molar-refractivity contribution is 5.98. The fourth-order valence-corrected chi connectivity index (χ4v) is 2.99. The van der Waals surface area contributed by atoms with E-state index in [4.69, 9.17) is 5.73 Å². The maximum Gasteiger partial charge on any atom is 0.274 e. The fraction of sp³-hybridized carbons (Fsp3) is 0.400. The van der Waals surface area contributed by atoms with Gasteiger partial charge in [0.25, 0.3) is 5.91 Å². The Morgan fingerprint density at radius 1 is 1.48 bits per heavy atom. The van der Waals surface area contributed by atoms with Gasteiger partial charge in [-0.2, -0.15) is 5.10 Å². The molecule has 0 aliphatic carbocycles. The van der Waals surface area contributed by atoms with Gasteiger partial charge in [0, 0.05) is 26.0 Å². The van der Waals surface area contributed by atoms with Gasteiger partial charge < -0.3 is 10.6 Å². The Balaban J connectivity index is 1.94. The molecule has 0 aromatic carbocycles. The van der Waals surface area contributed by atoms with E-state index < -0.39 is 0 Å². The van der Waals surface area contributed by atoms with Crippen molar-refractivity contribution in [2.24, 2.45) is 7.05 Å². The summed E-state index contributed by atoms with van der Waals surface area (Å²) < 4.78 is 1.58. The van der Waals surface area contributed by atoms with E-state index in [1.165, 1.54) is 0 Å². The SMILES string of the molecule is Cc1nn(C)c(C(=O)N2CCCC2c2cccnc2)c1N. The zero-order valence-corrected chi connectivity index (χ0v) is 12.3. The molecule has 6 nitrogen and oxygen atoms in total. The lowest BCUT2D eigenvalue weighted by Crippen LogP contribution is -2.32. The number of carbonyl (C=O) groups excluding carboxylic acids is 1. The van der Waals surface area contributed by atoms with E-state index in [1.54, 1.807) is 17.9 Å². The van der Waals surface area contributed by atoms with Crippen molar-refractivity contribution in [1.82, 2.24) is 19.7 Å². The van der Waals surface area contributed by atoms with Crippen LogP contribution in [0.15, 0.2) is 24.5 Å². The summed E-state index contributed by atoms with van der Waals surface area (Å²) in [7, 11) is 1.76. The first-order chi connectivity index (χ1) is 10.1. The minimum absolute atomic E-state index is 0.0537. The highest BCUT2D eigenvalue weighted by Gasteiger charge is 2.33. The van der Waals surface area contributed by atoms with Crippen LogP contribution < -0.4 is 5.73 Å². The quantitative estimate of drug-likeness (QED) is 0.910. The summed E-state index contributed by atoms with van der Waals surface area (Å²) in [5.41, 5.74) is 8.72. The number of aromatic nitrogens is 3. The molecule has 110 valence electrons. The molecule has 0 saturated carbocycles. The number of aryl methyl sites for hydroxylation is 2. The largest absolute Gasteiger partial charge is 0.395 e. The molecule has 3 heterocycles. The molecule has 6 heteroatoms. The van der Waals surface area contributed by atoms with Crippen molar-refractivity contribution in [3.8, 4) is 0 Å². The Morgan fingerprint density at radius 2 is 2.29 bits per heavy atom. The Bertz CT molecular complexity index is 664. The molecule has 1 aliphatic heterocycles. The third kappa shape index (κ3) is 2.26. The number of likely N-dealkylation sites (tertiary alicyclic amines) is 1. The summed E-state index contributed by atoms with van der Waals surface area (Å²) in [6, 6.07) is 3.99. The van der Waals surface area contributed by atoms with E-state index in [-0.39, 0.29) is 11.9 Å². The maximum atomic E-state index is 12.9. The minimum atomic E-state index is -0.0537. The summed E-state index contributed by atoms with van der Waals surface area (Å²) in [5, 5.41) is 4.23. The lowest BCUT2D eigenvalue weighted by Gasteiger charge is -2.25. The van der Waals surface area contributed by atoms with Crippen molar-refractivity contribution >= 4 is 11.6 Å². The van der Waals surface area contributed by atoms with Gasteiger partial charge in [-0.25, -0.2) is 0 Å². The number of hydrogen-bond acceptors (Lipinski definition) is 4. The molecule has 0 radical (unpaired) electrons. The number of nitrogen functional groups attached to an aromatic ring is 1. The molecule has 2 N–H and O–H groups in total. The number of amides is 1. The number of pyridine rings is 1. The zero-order chi connectivity index (χ0) is 15.0. The fourth-order valence-electron chi connectivity index (χ4n) is 2.99. The maximum absolute atomic E-state index is 12.9. The Kier molecular flexibility index (Phi) is 3.37. The summed E-state index contributed by atoms with van der Waals surface area (Å²) in [5.74, 6) is -0.0537. The molecular weight excluding hydrogens is 266 g/mol. The number of anilines is 1. The third-order valence-corrected chi connectivity index (χ3v) is 4.05. The molecule has 2 aromatic heterocycles. The van der Waals surface area contributed by atoms with Crippen LogP contribution in [0, 0.1) is 6.92 Å². The number of nitrogens with zero attached hydrogens (tertiary/aromatic N) is 4. The molecule has 1 saturated heterocycles. The second kappa shape index (κ2) is 5.20. The van der Waals surface area contributed by atoms with Gasteiger partial charge >= 0.3 is 0 Å². The average molecular weight is 285 g/mol. The smallest absolute Gasteiger partial charge is 0.274 e. The van der Waals surface area contributed by atoms with E-state index in [2.05, 4.69) is 10.1 Å². The summed E-state index contributed by atoms with van der Waals surface area (Å²) >= 11 is 0. The molecule has 2 aromatic rings. The first-order valence-electron chi connectivity index (χ1n) is 7.09. The van der Waals surface area contributed by atoms with E-state index in [1.807, 2.05) is 30.2 Å². The molecule has 1 fully saturated rings. The molecule has 0 bridgehead atoms. The number of rotatable bonds is 2. The zero-order valence-electron chi connectivity index (χ0n) is 12.3. The second-order valence-corrected chi connectivity index (χ2v) is 5.41. The Hall–Kier alpha value is -2.37. The number of hydrogen-bond donors (Lipinski definition) is 1. The van der Waals surface area contributed by atoms with Crippen LogP contribution in [-0.2, 0) is 7.05 Å². The number of carbonyl (C=O) groups is 1. The van der Waals surface area contributed by atoms with Crippen molar-refractivity contribution < 1.29 is 4.79 Å². The van der Waals surface area contributed by atoms with Crippen LogP contribution in [0.4, 0.5) is 5.69 Å². The van der Waals surface area contributed by atoms with Crippen LogP contribution >= 0.6 is 0 Å². The van der Waals surface area contributed by atoms with Gasteiger partial charge in [0.2, 0.25) is 0 Å². The molecule has 3 rings (SSSR count). The highest BCUT2D eigenvalue weighted by Crippen LogP contribution is 2.33. The average Bonchev–Trinajstić information content (AvgIpc) is 3.05. The Morgan fingerprint density at radius 3 is 2.90 bits per heavy atom. The third-order valence-electron chi connectivity index (χ3n) is 4.05. The standard InChI is InChI=1S/C15H19N5O/c1-10-13(16)14(19(2)18-10)15(21)20-8-4-6-12(20)11-5-3-7-17-9-11/h3,5,7,9,12H,4,6,8,16H2,1-2H3. The van der Waals surface area contributed by atoms with Gasteiger partial charge in [0.1, 0.15) is 5.69 Å². The molecule has 21 heavy (non-hydrogen) atoms. The van der Waals surface area contributed by atoms with Gasteiger partial charge in [-0.3, -0.25) is 14.5 Å². The molecule has 1 atom stereocenters. The van der Waals surface area contributed by atoms with Crippen molar-refractivity contribution in [2.75, 3.05) is 12.3 Å². The van der Waals surface area contributed by atoms with Crippen molar-refractivity contribution in [3.63, 3.8) is 0 Å². The monoisotopic (exact) mass is 285 g/mol. The van der Waals surface area contributed by atoms with Crippen LogP contribution in [-0.4, -0.2) is 32.1 Å². The van der Waals surface area contributed by atoms with Crippen LogP contribution in [0.2, 0.25) is 0 Å². The first kappa shape index (κ1) is 13.6. The number of nitrogens with two attached hydrogens (primary N) is 1. The van der Waals surface area contributed by atoms with Crippen LogP contribution in [0.3, 0.4) is 0 Å². The molecule has 0 spiro atoms. The van der Waals surface area contributed by atoms with Crippen molar-refractivity contribution in [1.29, 1.82) is 0 Å². The highest BCUT2D eigenvalue weighted by atomic mass is 16.2. The van der Waals surface area contributed by atoms with Gasteiger partial charge in [-0.05, 0) is 31.4 Å². The molecule has 1 unspecified atom stereocenters. The van der Waals surface area contributed by atoms with Crippen molar-refractivity contribution in [2.45, 2.75) is 25.8 Å². The van der Waals surface area contributed by atoms with E-state index in [0.717, 1.165) is 24.9 Å². The normalized spacial score (nSPS) is 18.2. The van der Waals surface area contributed by atoms with E-state index in [0.29, 0.717) is 17.1 Å². The summed E-state index contributed by atoms with van der Waals surface area (Å²) in [6.07, 6.45) is 5.51. The predicted molar refractivity (Wildman–Crippen MR) is 79.6 cm³/mol. The molecule has 1 amide bonds. The minimum Gasteiger partial charge on any atom is -0.395 e. The summed E-state index contributed by atoms with van der Waals surface area (Å²) in [6.45, 7) is 2.55. The first-order valence-corrected chi connectivity index (χ1v) is 7.09. The van der Waals surface area contributed by atoms with Crippen LogP contribution in [0.5, 0.6) is 0 Å². The lowest BCUT2D eigenvalue weighted by molar-refractivity contribution is 0.0725. The lowest BCUT2D eigenvalue weighted by atomic mass is 10.1. The van der Waals surface area contributed by atoms with Gasteiger partial charge in [0.15, 0.2) is 0 Å². The van der Waals surface area contributed by atoms with Crippen molar-refractivity contribution in [3.05, 3.63) is 41.5 Å².